The van der Waals surface area contributed by atoms with Gasteiger partial charge in [0.05, 0.1) is 12.2 Å². The monoisotopic (exact) mass is 190 g/mol. The first kappa shape index (κ1) is 12.9. The van der Waals surface area contributed by atoms with Crippen LogP contribution >= 0.6 is 0 Å². The third kappa shape index (κ3) is 8.22. The second kappa shape index (κ2) is 8.48. The van der Waals surface area contributed by atoms with Crippen LogP contribution in [0.15, 0.2) is 0 Å². The lowest BCUT2D eigenvalue weighted by molar-refractivity contribution is 0.0168. The Kier molecular flexibility index (Phi) is 8.40. The molecule has 0 saturated heterocycles. The lowest BCUT2D eigenvalue weighted by atomic mass is 10.1. The molecule has 0 radical (unpaired) electrons. The fourth-order valence-electron chi connectivity index (χ4n) is 1.15. The van der Waals surface area contributed by atoms with Gasteiger partial charge in [0.2, 0.25) is 0 Å². The van der Waals surface area contributed by atoms with Gasteiger partial charge in [-0.05, 0) is 26.2 Å². The Hall–Kier alpha value is -0.120. The fraction of sp³-hybridized carbons (Fsp3) is 1.00. The van der Waals surface area contributed by atoms with E-state index >= 15 is 0 Å². The molecule has 2 N–H and O–H groups in total. The van der Waals surface area contributed by atoms with E-state index in [9.17, 15) is 5.11 Å². The molecule has 0 spiro atoms. The van der Waals surface area contributed by atoms with Gasteiger partial charge in [-0.25, -0.2) is 0 Å². The molecular formula is C10H22O3. The van der Waals surface area contributed by atoms with Crippen molar-refractivity contribution < 1.29 is 14.9 Å². The molecule has 0 aliphatic heterocycles. The fourth-order valence-corrected chi connectivity index (χ4v) is 1.15. The second-order valence-electron chi connectivity index (χ2n) is 3.44. The number of aliphatic hydroxyl groups is 2. The number of hydrogen-bond donors (Lipinski definition) is 2. The predicted molar refractivity (Wildman–Crippen MR) is 52.6 cm³/mol. The number of unbranched alkanes of at least 4 members (excludes halogenated alkanes) is 1. The first-order valence-corrected chi connectivity index (χ1v) is 5.11. The molecule has 13 heavy (non-hydrogen) atoms. The standard InChI is InChI=1S/C10H22O3/c1-3-4-7-13-9(2)8-10(12)5-6-11/h9-12H,3-8H2,1-2H3. The van der Waals surface area contributed by atoms with Gasteiger partial charge in [0.25, 0.3) is 0 Å². The Morgan fingerprint density at radius 2 is 2.08 bits per heavy atom. The predicted octanol–water partition coefficient (Wildman–Crippen LogP) is 1.32. The summed E-state index contributed by atoms with van der Waals surface area (Å²) in [6.07, 6.45) is 2.92. The van der Waals surface area contributed by atoms with Gasteiger partial charge in [-0.2, -0.15) is 0 Å². The third-order valence-corrected chi connectivity index (χ3v) is 1.97. The molecule has 0 saturated carbocycles. The molecule has 80 valence electrons. The maximum absolute atomic E-state index is 9.34. The highest BCUT2D eigenvalue weighted by atomic mass is 16.5. The Balaban J connectivity index is 3.32. The quantitative estimate of drug-likeness (QED) is 0.568. The van der Waals surface area contributed by atoms with Gasteiger partial charge in [0, 0.05) is 13.2 Å². The summed E-state index contributed by atoms with van der Waals surface area (Å²) in [4.78, 5) is 0. The van der Waals surface area contributed by atoms with E-state index in [-0.39, 0.29) is 12.7 Å². The van der Waals surface area contributed by atoms with Gasteiger partial charge in [-0.1, -0.05) is 13.3 Å². The van der Waals surface area contributed by atoms with E-state index in [1.807, 2.05) is 6.92 Å². The average Bonchev–Trinajstić information content (AvgIpc) is 2.05. The molecule has 0 aromatic heterocycles. The molecule has 0 aliphatic carbocycles. The zero-order chi connectivity index (χ0) is 10.1. The number of ether oxygens (including phenoxy) is 1. The van der Waals surface area contributed by atoms with Crippen LogP contribution in [-0.2, 0) is 4.74 Å². The van der Waals surface area contributed by atoms with E-state index in [1.165, 1.54) is 0 Å². The summed E-state index contributed by atoms with van der Waals surface area (Å²) in [6.45, 7) is 4.89. The van der Waals surface area contributed by atoms with E-state index < -0.39 is 6.10 Å². The van der Waals surface area contributed by atoms with Gasteiger partial charge < -0.3 is 14.9 Å². The highest BCUT2D eigenvalue weighted by Crippen LogP contribution is 2.06. The van der Waals surface area contributed by atoms with E-state index in [4.69, 9.17) is 9.84 Å². The van der Waals surface area contributed by atoms with Crippen molar-refractivity contribution in [2.24, 2.45) is 0 Å². The molecule has 0 heterocycles. The van der Waals surface area contributed by atoms with Crippen molar-refractivity contribution in [2.75, 3.05) is 13.2 Å². The first-order valence-electron chi connectivity index (χ1n) is 5.11. The minimum Gasteiger partial charge on any atom is -0.396 e. The SMILES string of the molecule is CCCCOC(C)CC(O)CCO. The normalized spacial score (nSPS) is 15.7. The average molecular weight is 190 g/mol. The van der Waals surface area contributed by atoms with E-state index in [0.29, 0.717) is 12.8 Å². The van der Waals surface area contributed by atoms with Crippen molar-refractivity contribution >= 4 is 0 Å². The maximum atomic E-state index is 9.34. The summed E-state index contributed by atoms with van der Waals surface area (Å²) in [7, 11) is 0. The van der Waals surface area contributed by atoms with Crippen LogP contribution in [-0.4, -0.2) is 35.6 Å². The van der Waals surface area contributed by atoms with Crippen molar-refractivity contribution in [3.8, 4) is 0 Å². The first-order chi connectivity index (χ1) is 6.20. The minimum atomic E-state index is -0.429. The zero-order valence-electron chi connectivity index (χ0n) is 8.70. The van der Waals surface area contributed by atoms with Gasteiger partial charge in [-0.3, -0.25) is 0 Å². The smallest absolute Gasteiger partial charge is 0.0586 e. The van der Waals surface area contributed by atoms with Crippen LogP contribution in [0.1, 0.15) is 39.5 Å². The van der Waals surface area contributed by atoms with E-state index in [0.717, 1.165) is 19.4 Å². The molecule has 0 bridgehead atoms. The molecule has 2 atom stereocenters. The summed E-state index contributed by atoms with van der Waals surface area (Å²) in [6, 6.07) is 0. The van der Waals surface area contributed by atoms with Crippen molar-refractivity contribution in [2.45, 2.75) is 51.7 Å². The molecule has 3 heteroatoms. The molecule has 2 unspecified atom stereocenters. The number of aliphatic hydroxyl groups excluding tert-OH is 2. The summed E-state index contributed by atoms with van der Waals surface area (Å²) in [5, 5.41) is 17.9. The summed E-state index contributed by atoms with van der Waals surface area (Å²) in [5.74, 6) is 0. The van der Waals surface area contributed by atoms with Gasteiger partial charge >= 0.3 is 0 Å². The van der Waals surface area contributed by atoms with Crippen LogP contribution in [0.2, 0.25) is 0 Å². The van der Waals surface area contributed by atoms with E-state index in [1.54, 1.807) is 0 Å². The summed E-state index contributed by atoms with van der Waals surface area (Å²) >= 11 is 0. The number of rotatable bonds is 8. The van der Waals surface area contributed by atoms with Crippen LogP contribution in [0.5, 0.6) is 0 Å². The van der Waals surface area contributed by atoms with E-state index in [2.05, 4.69) is 6.92 Å². The highest BCUT2D eigenvalue weighted by molar-refractivity contribution is 4.60. The minimum absolute atomic E-state index is 0.0445. The molecule has 0 aromatic carbocycles. The zero-order valence-corrected chi connectivity index (χ0v) is 8.70. The lowest BCUT2D eigenvalue weighted by Gasteiger charge is -2.16. The maximum Gasteiger partial charge on any atom is 0.0586 e. The molecular weight excluding hydrogens is 168 g/mol. The second-order valence-corrected chi connectivity index (χ2v) is 3.44. The van der Waals surface area contributed by atoms with Gasteiger partial charge in [0.1, 0.15) is 0 Å². The van der Waals surface area contributed by atoms with Crippen LogP contribution in [0, 0.1) is 0 Å². The molecule has 0 aromatic rings. The largest absolute Gasteiger partial charge is 0.396 e. The van der Waals surface area contributed by atoms with Gasteiger partial charge in [0.15, 0.2) is 0 Å². The van der Waals surface area contributed by atoms with Crippen LogP contribution in [0.3, 0.4) is 0 Å². The molecule has 0 aliphatic rings. The van der Waals surface area contributed by atoms with Gasteiger partial charge in [-0.15, -0.1) is 0 Å². The van der Waals surface area contributed by atoms with Crippen molar-refractivity contribution in [1.82, 2.24) is 0 Å². The molecule has 0 amide bonds. The molecule has 3 nitrogen and oxygen atoms in total. The lowest BCUT2D eigenvalue weighted by Crippen LogP contribution is -2.19. The van der Waals surface area contributed by atoms with Crippen LogP contribution < -0.4 is 0 Å². The molecule has 0 fully saturated rings. The molecule has 0 rings (SSSR count). The summed E-state index contributed by atoms with van der Waals surface area (Å²) < 4.78 is 5.46. The number of hydrogen-bond acceptors (Lipinski definition) is 3. The summed E-state index contributed by atoms with van der Waals surface area (Å²) in [5.41, 5.74) is 0. The van der Waals surface area contributed by atoms with Crippen LogP contribution in [0.25, 0.3) is 0 Å². The highest BCUT2D eigenvalue weighted by Gasteiger charge is 2.09. The van der Waals surface area contributed by atoms with Crippen molar-refractivity contribution in [3.05, 3.63) is 0 Å². The Labute approximate surface area is 80.7 Å². The third-order valence-electron chi connectivity index (χ3n) is 1.97. The Bertz CT molecular complexity index is 106. The van der Waals surface area contributed by atoms with Crippen molar-refractivity contribution in [1.29, 1.82) is 0 Å². The Morgan fingerprint density at radius 1 is 1.38 bits per heavy atom. The van der Waals surface area contributed by atoms with Crippen LogP contribution in [0.4, 0.5) is 0 Å². The Morgan fingerprint density at radius 3 is 2.62 bits per heavy atom. The van der Waals surface area contributed by atoms with Crippen molar-refractivity contribution in [3.63, 3.8) is 0 Å². The topological polar surface area (TPSA) is 49.7 Å².